The fourth-order valence-corrected chi connectivity index (χ4v) is 2.25. The van der Waals surface area contributed by atoms with Crippen molar-refractivity contribution in [3.63, 3.8) is 0 Å². The second-order valence-corrected chi connectivity index (χ2v) is 6.14. The Kier molecular flexibility index (Phi) is 10.8. The third-order valence-corrected chi connectivity index (χ3v) is 3.74. The molecule has 27 heavy (non-hydrogen) atoms. The van der Waals surface area contributed by atoms with Gasteiger partial charge in [-0.25, -0.2) is 0 Å². The Morgan fingerprint density at radius 2 is 1.96 bits per heavy atom. The number of nitrogens with one attached hydrogen (secondary N) is 2. The fraction of sp³-hybridized carbons (Fsp3) is 0.474. The third kappa shape index (κ3) is 8.17. The lowest BCUT2D eigenvalue weighted by Crippen LogP contribution is -2.36. The number of ether oxygens (including phenoxy) is 2. The highest BCUT2D eigenvalue weighted by molar-refractivity contribution is 14.0. The molecule has 0 radical (unpaired) electrons. The number of benzene rings is 1. The molecular formula is C19H29IN4O3. The lowest BCUT2D eigenvalue weighted by atomic mass is 10.1. The van der Waals surface area contributed by atoms with Crippen molar-refractivity contribution in [1.82, 2.24) is 15.8 Å². The number of methoxy groups -OCH3 is 1. The van der Waals surface area contributed by atoms with Crippen molar-refractivity contribution in [2.24, 2.45) is 4.99 Å². The minimum absolute atomic E-state index is 0. The van der Waals surface area contributed by atoms with Gasteiger partial charge in [-0.3, -0.25) is 4.99 Å². The summed E-state index contributed by atoms with van der Waals surface area (Å²) in [4.78, 5) is 4.23. The first-order valence-electron chi connectivity index (χ1n) is 8.73. The average Bonchev–Trinajstić information content (AvgIpc) is 3.12. The van der Waals surface area contributed by atoms with Crippen LogP contribution in [0.4, 0.5) is 0 Å². The molecule has 2 N–H and O–H groups in total. The van der Waals surface area contributed by atoms with Crippen molar-refractivity contribution >= 4 is 29.9 Å². The normalized spacial score (nSPS) is 11.2. The van der Waals surface area contributed by atoms with Crippen LogP contribution in [0.5, 0.6) is 5.75 Å². The molecule has 0 aliphatic carbocycles. The van der Waals surface area contributed by atoms with Gasteiger partial charge in [-0.05, 0) is 23.6 Å². The first-order valence-corrected chi connectivity index (χ1v) is 8.73. The van der Waals surface area contributed by atoms with E-state index in [1.54, 1.807) is 14.2 Å². The van der Waals surface area contributed by atoms with Gasteiger partial charge in [0.25, 0.3) is 0 Å². The van der Waals surface area contributed by atoms with Gasteiger partial charge in [0.15, 0.2) is 11.7 Å². The van der Waals surface area contributed by atoms with Crippen molar-refractivity contribution in [3.8, 4) is 5.75 Å². The van der Waals surface area contributed by atoms with Gasteiger partial charge < -0.3 is 24.6 Å². The maximum atomic E-state index is 5.63. The van der Waals surface area contributed by atoms with Crippen molar-refractivity contribution in [2.45, 2.75) is 32.9 Å². The second-order valence-electron chi connectivity index (χ2n) is 6.14. The molecule has 0 saturated heterocycles. The summed E-state index contributed by atoms with van der Waals surface area (Å²) in [5.74, 6) is 2.65. The molecule has 0 fully saturated rings. The van der Waals surface area contributed by atoms with E-state index in [0.29, 0.717) is 38.2 Å². The maximum absolute atomic E-state index is 5.63. The molecule has 0 bridgehead atoms. The van der Waals surface area contributed by atoms with E-state index < -0.39 is 0 Å². The number of rotatable bonds is 9. The van der Waals surface area contributed by atoms with Crippen LogP contribution in [0.15, 0.2) is 39.8 Å². The molecule has 2 rings (SSSR count). The molecule has 8 heteroatoms. The molecule has 0 unspecified atom stereocenters. The Morgan fingerprint density at radius 1 is 1.19 bits per heavy atom. The van der Waals surface area contributed by atoms with Gasteiger partial charge in [-0.15, -0.1) is 24.0 Å². The van der Waals surface area contributed by atoms with Crippen LogP contribution < -0.4 is 15.4 Å². The van der Waals surface area contributed by atoms with Gasteiger partial charge in [-0.1, -0.05) is 31.1 Å². The van der Waals surface area contributed by atoms with E-state index >= 15 is 0 Å². The summed E-state index contributed by atoms with van der Waals surface area (Å²) in [6.45, 7) is 6.44. The van der Waals surface area contributed by atoms with E-state index in [-0.39, 0.29) is 24.0 Å². The Hall–Kier alpha value is -1.81. The first-order chi connectivity index (χ1) is 12.6. The molecule has 7 nitrogen and oxygen atoms in total. The molecule has 0 amide bonds. The lowest BCUT2D eigenvalue weighted by Gasteiger charge is -2.12. The highest BCUT2D eigenvalue weighted by Gasteiger charge is 2.08. The van der Waals surface area contributed by atoms with Gasteiger partial charge in [-0.2, -0.15) is 0 Å². The van der Waals surface area contributed by atoms with Gasteiger partial charge in [0, 0.05) is 26.8 Å². The number of nitrogens with zero attached hydrogens (tertiary/aromatic N) is 2. The van der Waals surface area contributed by atoms with Crippen LogP contribution in [0, 0.1) is 0 Å². The van der Waals surface area contributed by atoms with Gasteiger partial charge in [0.1, 0.15) is 12.4 Å². The summed E-state index contributed by atoms with van der Waals surface area (Å²) in [7, 11) is 3.39. The van der Waals surface area contributed by atoms with Gasteiger partial charge >= 0.3 is 0 Å². The minimum atomic E-state index is 0. The number of hydrogen-bond donors (Lipinski definition) is 2. The van der Waals surface area contributed by atoms with Crippen LogP contribution in [-0.4, -0.2) is 38.5 Å². The molecule has 1 aromatic heterocycles. The van der Waals surface area contributed by atoms with E-state index in [0.717, 1.165) is 22.8 Å². The zero-order valence-corrected chi connectivity index (χ0v) is 18.7. The Morgan fingerprint density at radius 3 is 2.63 bits per heavy atom. The molecule has 0 aliphatic rings. The second kappa shape index (κ2) is 12.6. The molecule has 0 spiro atoms. The predicted octanol–water partition coefficient (Wildman–Crippen LogP) is 3.31. The van der Waals surface area contributed by atoms with Crippen LogP contribution in [0.25, 0.3) is 0 Å². The number of aliphatic imine (C=N–C) groups is 1. The third-order valence-electron chi connectivity index (χ3n) is 3.74. The quantitative estimate of drug-likeness (QED) is 0.244. The summed E-state index contributed by atoms with van der Waals surface area (Å²) in [5.41, 5.74) is 2.06. The largest absolute Gasteiger partial charge is 0.491 e. The minimum Gasteiger partial charge on any atom is -0.491 e. The fourth-order valence-electron chi connectivity index (χ4n) is 2.25. The van der Waals surface area contributed by atoms with Gasteiger partial charge in [0.2, 0.25) is 0 Å². The van der Waals surface area contributed by atoms with E-state index in [1.807, 2.05) is 30.3 Å². The van der Waals surface area contributed by atoms with Gasteiger partial charge in [0.05, 0.1) is 18.8 Å². The number of hydrogen-bond acceptors (Lipinski definition) is 5. The van der Waals surface area contributed by atoms with Crippen LogP contribution >= 0.6 is 24.0 Å². The maximum Gasteiger partial charge on any atom is 0.191 e. The zero-order valence-electron chi connectivity index (χ0n) is 16.3. The summed E-state index contributed by atoms with van der Waals surface area (Å²) in [6.07, 6.45) is 0. The molecular weight excluding hydrogens is 459 g/mol. The Bertz CT molecular complexity index is 704. The number of halogens is 1. The van der Waals surface area contributed by atoms with Crippen LogP contribution in [0.2, 0.25) is 0 Å². The van der Waals surface area contributed by atoms with E-state index in [2.05, 4.69) is 34.6 Å². The van der Waals surface area contributed by atoms with Crippen molar-refractivity contribution in [2.75, 3.05) is 27.4 Å². The molecule has 0 atom stereocenters. The highest BCUT2D eigenvalue weighted by atomic mass is 127. The van der Waals surface area contributed by atoms with Crippen LogP contribution in [0.1, 0.15) is 36.8 Å². The molecule has 1 aromatic carbocycles. The smallest absolute Gasteiger partial charge is 0.191 e. The zero-order chi connectivity index (χ0) is 18.8. The highest BCUT2D eigenvalue weighted by Crippen LogP contribution is 2.14. The van der Waals surface area contributed by atoms with Crippen molar-refractivity contribution < 1.29 is 14.0 Å². The molecule has 2 aromatic rings. The number of guanidine groups is 1. The summed E-state index contributed by atoms with van der Waals surface area (Å²) in [6, 6.07) is 9.90. The monoisotopic (exact) mass is 488 g/mol. The van der Waals surface area contributed by atoms with Crippen LogP contribution in [0.3, 0.4) is 0 Å². The Labute approximate surface area is 177 Å². The SMILES string of the molecule is CN=C(NCc1cccc(OCCOC)c1)NCc1cc(C(C)C)no1.I. The lowest BCUT2D eigenvalue weighted by molar-refractivity contribution is 0.146. The summed E-state index contributed by atoms with van der Waals surface area (Å²) < 4.78 is 15.9. The number of aromatic nitrogens is 1. The predicted molar refractivity (Wildman–Crippen MR) is 117 cm³/mol. The topological polar surface area (TPSA) is 80.9 Å². The Balaban J connectivity index is 0.00000364. The molecule has 150 valence electrons. The molecule has 0 saturated carbocycles. The van der Waals surface area contributed by atoms with E-state index in [4.69, 9.17) is 14.0 Å². The van der Waals surface area contributed by atoms with E-state index in [1.165, 1.54) is 0 Å². The molecule has 0 aliphatic heterocycles. The van der Waals surface area contributed by atoms with Crippen molar-refractivity contribution in [1.29, 1.82) is 0 Å². The van der Waals surface area contributed by atoms with E-state index in [9.17, 15) is 0 Å². The average molecular weight is 488 g/mol. The standard InChI is InChI=1S/C19H28N4O3.HI/c1-14(2)18-11-17(26-23-18)13-22-19(20-3)21-12-15-6-5-7-16(10-15)25-9-8-24-4;/h5-7,10-11,14H,8-9,12-13H2,1-4H3,(H2,20,21,22);1H. The summed E-state index contributed by atoms with van der Waals surface area (Å²) in [5, 5.41) is 10.6. The molecule has 1 heterocycles. The van der Waals surface area contributed by atoms with Crippen molar-refractivity contribution in [3.05, 3.63) is 47.3 Å². The first kappa shape index (κ1) is 23.2. The van der Waals surface area contributed by atoms with Crippen LogP contribution in [-0.2, 0) is 17.8 Å². The summed E-state index contributed by atoms with van der Waals surface area (Å²) >= 11 is 0.